The number of carbonyl (C=O) groups excluding carboxylic acids is 4. The van der Waals surface area contributed by atoms with Crippen LogP contribution in [-0.4, -0.2) is 126 Å². The molecule has 1 amide bonds. The lowest BCUT2D eigenvalue weighted by atomic mass is 9.88. The third-order valence-corrected chi connectivity index (χ3v) is 8.36. The van der Waals surface area contributed by atoms with E-state index in [-0.39, 0.29) is 49.0 Å². The van der Waals surface area contributed by atoms with Crippen LogP contribution in [0.5, 0.6) is 0 Å². The first kappa shape index (κ1) is 49.0. The smallest absolute Gasteiger partial charge is 0.333 e. The minimum Gasteiger partial charge on any atom is -0.748 e. The van der Waals surface area contributed by atoms with Crippen LogP contribution in [0.15, 0.2) is 37.0 Å². The second-order valence-corrected chi connectivity index (χ2v) is 14.5. The van der Waals surface area contributed by atoms with E-state index in [1.54, 1.807) is 21.0 Å². The zero-order chi connectivity index (χ0) is 38.8. The highest BCUT2D eigenvalue weighted by Crippen LogP contribution is 2.39. The van der Waals surface area contributed by atoms with E-state index >= 15 is 0 Å². The summed E-state index contributed by atoms with van der Waals surface area (Å²) in [6, 6.07) is 0. The van der Waals surface area contributed by atoms with Gasteiger partial charge in [-0.3, -0.25) is 4.79 Å². The van der Waals surface area contributed by atoms with Crippen molar-refractivity contribution in [3.63, 3.8) is 0 Å². The van der Waals surface area contributed by atoms with E-state index in [1.165, 1.54) is 0 Å². The molecule has 0 aromatic carbocycles. The van der Waals surface area contributed by atoms with Gasteiger partial charge in [0.1, 0.15) is 25.4 Å². The third-order valence-electron chi connectivity index (χ3n) is 7.57. The maximum Gasteiger partial charge on any atom is 0.333 e. The van der Waals surface area contributed by atoms with E-state index in [1.807, 2.05) is 14.1 Å². The molecular weight excluding hydrogens is 672 g/mol. The van der Waals surface area contributed by atoms with Gasteiger partial charge in [-0.25, -0.2) is 22.8 Å². The first-order valence-electron chi connectivity index (χ1n) is 16.8. The fraction of sp³-hybridized carbons (Fsp3) is 0.714. The van der Waals surface area contributed by atoms with Gasteiger partial charge in [0.15, 0.2) is 0 Å². The number of nitrogens with zero attached hydrogens (tertiary/aromatic N) is 1. The first-order valence-corrected chi connectivity index (χ1v) is 18.4. The Kier molecular flexibility index (Phi) is 26.1. The number of rotatable bonds is 22. The number of ether oxygens (including phenoxy) is 5. The Morgan fingerprint density at radius 1 is 0.920 bits per heavy atom. The third kappa shape index (κ3) is 26.7. The maximum atomic E-state index is 11.8. The van der Waals surface area contributed by atoms with Gasteiger partial charge in [-0.05, 0) is 58.3 Å². The Balaban J connectivity index is 0. The van der Waals surface area contributed by atoms with Gasteiger partial charge in [-0.2, -0.15) is 0 Å². The standard InChI is InChI=1S/C15H24O5.C13H26N2O4S.C7H12O3/c1-4-13(16)19-10-9-18-11-14(17)20-15(12(2)3)7-5-6-8-15;1-12(2)13(16)14-8-7-10-15(3,4)9-5-6-11-20(17,18)19;1-6(2)7(8)10-5-4-9-3/h4,12H,1,5-11H2,2-3H3;1,5-11H2,2-4H3,(H-,14,16,17,18,19);1,4-5H2,2-3H3. The van der Waals surface area contributed by atoms with Crippen LogP contribution >= 0.6 is 0 Å². The molecule has 14 nitrogen and oxygen atoms in total. The van der Waals surface area contributed by atoms with Crippen LogP contribution in [0.25, 0.3) is 0 Å². The lowest BCUT2D eigenvalue weighted by molar-refractivity contribution is -0.890. The molecular formula is C35H62N2O12S. The minimum absolute atomic E-state index is 0.105. The largest absolute Gasteiger partial charge is 0.748 e. The number of carbonyl (C=O) groups is 4. The van der Waals surface area contributed by atoms with Crippen molar-refractivity contribution in [1.82, 2.24) is 5.32 Å². The maximum absolute atomic E-state index is 11.8. The summed E-state index contributed by atoms with van der Waals surface area (Å²) < 4.78 is 57.0. The van der Waals surface area contributed by atoms with Crippen molar-refractivity contribution < 1.29 is 60.3 Å². The van der Waals surface area contributed by atoms with Gasteiger partial charge >= 0.3 is 17.9 Å². The number of hydrogen-bond donors (Lipinski definition) is 1. The lowest BCUT2D eigenvalue weighted by Gasteiger charge is -2.33. The molecule has 15 heteroatoms. The van der Waals surface area contributed by atoms with Crippen molar-refractivity contribution in [3.8, 4) is 0 Å². The molecule has 1 saturated carbocycles. The van der Waals surface area contributed by atoms with Crippen molar-refractivity contribution in [3.05, 3.63) is 37.0 Å². The fourth-order valence-corrected chi connectivity index (χ4v) is 5.13. The Hall–Kier alpha value is -3.11. The number of hydrogen-bond acceptors (Lipinski definition) is 12. The zero-order valence-corrected chi connectivity index (χ0v) is 32.2. The molecule has 1 aliphatic carbocycles. The second kappa shape index (κ2) is 26.7. The molecule has 0 aromatic rings. The molecule has 0 unspecified atom stereocenters. The minimum atomic E-state index is -4.09. The summed E-state index contributed by atoms with van der Waals surface area (Å²) in [4.78, 5) is 44.5. The molecule has 1 aliphatic rings. The predicted molar refractivity (Wildman–Crippen MR) is 190 cm³/mol. The van der Waals surface area contributed by atoms with Crippen molar-refractivity contribution in [2.24, 2.45) is 5.92 Å². The molecule has 0 saturated heterocycles. The molecule has 0 bridgehead atoms. The number of amides is 1. The summed E-state index contributed by atoms with van der Waals surface area (Å²) in [6.45, 7) is 20.9. The van der Waals surface area contributed by atoms with Crippen LogP contribution in [-0.2, 0) is 53.0 Å². The molecule has 0 atom stereocenters. The molecule has 0 aromatic heterocycles. The second-order valence-electron chi connectivity index (χ2n) is 13.0. The van der Waals surface area contributed by atoms with E-state index in [0.717, 1.165) is 55.8 Å². The van der Waals surface area contributed by atoms with E-state index in [2.05, 4.69) is 48.4 Å². The van der Waals surface area contributed by atoms with Gasteiger partial charge in [0.2, 0.25) is 5.91 Å². The molecule has 0 spiro atoms. The number of quaternary nitrogens is 1. The van der Waals surface area contributed by atoms with Gasteiger partial charge in [0.25, 0.3) is 0 Å². The normalized spacial score (nSPS) is 13.5. The molecule has 0 radical (unpaired) electrons. The van der Waals surface area contributed by atoms with Crippen molar-refractivity contribution in [2.45, 2.75) is 78.2 Å². The number of unbranched alkanes of at least 4 members (excludes halogenated alkanes) is 1. The van der Waals surface area contributed by atoms with Crippen LogP contribution < -0.4 is 5.32 Å². The summed E-state index contributed by atoms with van der Waals surface area (Å²) >= 11 is 0. The van der Waals surface area contributed by atoms with E-state index in [9.17, 15) is 32.1 Å². The van der Waals surface area contributed by atoms with Crippen LogP contribution in [0, 0.1) is 5.92 Å². The van der Waals surface area contributed by atoms with Gasteiger partial charge < -0.3 is 38.0 Å². The number of methoxy groups -OCH3 is 1. The average Bonchev–Trinajstić information content (AvgIpc) is 3.51. The average molecular weight is 735 g/mol. The van der Waals surface area contributed by atoms with E-state index in [4.69, 9.17) is 14.2 Å². The summed E-state index contributed by atoms with van der Waals surface area (Å²) in [6.07, 6.45) is 7.08. The van der Waals surface area contributed by atoms with Crippen LogP contribution in [0.4, 0.5) is 0 Å². The Morgan fingerprint density at radius 3 is 2.00 bits per heavy atom. The molecule has 50 heavy (non-hydrogen) atoms. The highest BCUT2D eigenvalue weighted by molar-refractivity contribution is 7.85. The summed E-state index contributed by atoms with van der Waals surface area (Å²) in [5, 5.41) is 2.77. The van der Waals surface area contributed by atoms with E-state index < -0.39 is 16.1 Å². The van der Waals surface area contributed by atoms with Gasteiger partial charge in [0.05, 0.1) is 50.5 Å². The summed E-state index contributed by atoms with van der Waals surface area (Å²) in [7, 11) is 1.55. The molecule has 1 fully saturated rings. The highest BCUT2D eigenvalue weighted by atomic mass is 32.2. The van der Waals surface area contributed by atoms with Gasteiger partial charge in [-0.15, -0.1) is 0 Å². The molecule has 1 N–H and O–H groups in total. The van der Waals surface area contributed by atoms with Gasteiger partial charge in [0, 0.05) is 43.1 Å². The fourth-order valence-electron chi connectivity index (χ4n) is 4.57. The monoisotopic (exact) mass is 734 g/mol. The van der Waals surface area contributed by atoms with Crippen molar-refractivity contribution in [2.75, 3.05) is 79.6 Å². The lowest BCUT2D eigenvalue weighted by Crippen LogP contribution is -2.42. The Labute approximate surface area is 299 Å². The molecule has 0 heterocycles. The van der Waals surface area contributed by atoms with Crippen molar-refractivity contribution in [1.29, 1.82) is 0 Å². The molecule has 1 rings (SSSR count). The van der Waals surface area contributed by atoms with Crippen LogP contribution in [0.2, 0.25) is 0 Å². The summed E-state index contributed by atoms with van der Waals surface area (Å²) in [5.41, 5.74) is 0.587. The molecule has 290 valence electrons. The predicted octanol–water partition coefficient (Wildman–Crippen LogP) is 3.47. The zero-order valence-electron chi connectivity index (χ0n) is 31.3. The van der Waals surface area contributed by atoms with Crippen LogP contribution in [0.1, 0.15) is 72.6 Å². The Bertz CT molecular complexity index is 1180. The van der Waals surface area contributed by atoms with Crippen molar-refractivity contribution >= 4 is 33.9 Å². The number of nitrogens with one attached hydrogen (secondary N) is 1. The topological polar surface area (TPSA) is 184 Å². The van der Waals surface area contributed by atoms with Crippen LogP contribution in [0.3, 0.4) is 0 Å². The number of esters is 3. The highest BCUT2D eigenvalue weighted by Gasteiger charge is 2.40. The molecule has 0 aliphatic heterocycles. The SMILES string of the molecule is C=C(C)C(=O)NCCC[N+](C)(C)CCCCS(=O)(=O)[O-].C=C(C)C(=O)OCCOC.C=CC(=O)OCCOCC(=O)OC1(C(C)C)CCCC1. The van der Waals surface area contributed by atoms with Gasteiger partial charge in [-0.1, -0.05) is 33.6 Å². The van der Waals surface area contributed by atoms with E-state index in [0.29, 0.717) is 49.7 Å². The quantitative estimate of drug-likeness (QED) is 0.0428. The summed E-state index contributed by atoms with van der Waals surface area (Å²) in [5.74, 6) is -1.33. The first-order chi connectivity index (χ1) is 23.2. The Morgan fingerprint density at radius 2 is 1.50 bits per heavy atom.